The van der Waals surface area contributed by atoms with E-state index in [1.54, 1.807) is 5.57 Å². The molecule has 5 aliphatic carbocycles. The molecule has 4 fully saturated rings. The lowest BCUT2D eigenvalue weighted by Crippen LogP contribution is -2.64. The summed E-state index contributed by atoms with van der Waals surface area (Å²) in [5, 5.41) is 0. The highest BCUT2D eigenvalue weighted by Gasteiger charge is 2.69. The van der Waals surface area contributed by atoms with Crippen LogP contribution in [0.25, 0.3) is 0 Å². The topological polar surface area (TPSA) is 43.4 Å². The Morgan fingerprint density at radius 1 is 0.943 bits per heavy atom. The molecular weight excluding hydrogens is 432 g/mol. The normalized spacial score (nSPS) is 47.9. The molecule has 0 heterocycles. The van der Waals surface area contributed by atoms with Gasteiger partial charge >= 0.3 is 5.97 Å². The fourth-order valence-corrected chi connectivity index (χ4v) is 10.7. The van der Waals surface area contributed by atoms with Crippen molar-refractivity contribution >= 4 is 11.8 Å². The molecule has 0 bridgehead atoms. The predicted molar refractivity (Wildman–Crippen MR) is 141 cm³/mol. The van der Waals surface area contributed by atoms with Crippen molar-refractivity contribution in [2.24, 2.45) is 50.2 Å². The van der Waals surface area contributed by atoms with Gasteiger partial charge in [-0.05, 0) is 104 Å². The second-order valence-electron chi connectivity index (χ2n) is 15.2. The van der Waals surface area contributed by atoms with Gasteiger partial charge in [0.15, 0.2) is 0 Å². The molecule has 35 heavy (non-hydrogen) atoms. The number of carbonyl (C=O) groups is 2. The van der Waals surface area contributed by atoms with Gasteiger partial charge in [0.1, 0.15) is 5.78 Å². The van der Waals surface area contributed by atoms with Gasteiger partial charge in [0.2, 0.25) is 0 Å². The highest BCUT2D eigenvalue weighted by Crippen LogP contribution is 2.75. The highest BCUT2D eigenvalue weighted by molar-refractivity contribution is 5.85. The molecule has 0 radical (unpaired) electrons. The SMILES string of the molecule is CCOC(=O)[C@]12CCC(C)(C)C[C@H]1C1=CC[C@H]3[C@@]4(C)CCC(=O)C(C)(C)[C@H]4CC[C@@]3(C)[C@]1(C)CC2. The summed E-state index contributed by atoms with van der Waals surface area (Å²) >= 11 is 0. The first-order chi connectivity index (χ1) is 16.2. The van der Waals surface area contributed by atoms with Gasteiger partial charge in [-0.3, -0.25) is 9.59 Å². The molecule has 0 aromatic carbocycles. The van der Waals surface area contributed by atoms with Gasteiger partial charge in [-0.15, -0.1) is 0 Å². The zero-order valence-corrected chi connectivity index (χ0v) is 23.8. The summed E-state index contributed by atoms with van der Waals surface area (Å²) < 4.78 is 5.78. The van der Waals surface area contributed by atoms with Crippen molar-refractivity contribution in [1.29, 1.82) is 0 Å². The van der Waals surface area contributed by atoms with Crippen molar-refractivity contribution in [3.05, 3.63) is 11.6 Å². The molecular formula is C32H50O3. The van der Waals surface area contributed by atoms with Crippen LogP contribution in [-0.2, 0) is 14.3 Å². The van der Waals surface area contributed by atoms with Crippen molar-refractivity contribution in [2.75, 3.05) is 6.61 Å². The number of carbonyl (C=O) groups excluding carboxylic acids is 2. The smallest absolute Gasteiger partial charge is 0.312 e. The largest absolute Gasteiger partial charge is 0.466 e. The number of allylic oxidation sites excluding steroid dienone is 2. The van der Waals surface area contributed by atoms with E-state index in [0.717, 1.165) is 57.8 Å². The number of ketones is 1. The summed E-state index contributed by atoms with van der Waals surface area (Å²) in [7, 11) is 0. The van der Waals surface area contributed by atoms with Crippen molar-refractivity contribution < 1.29 is 14.3 Å². The maximum atomic E-state index is 13.6. The molecule has 0 N–H and O–H groups in total. The van der Waals surface area contributed by atoms with Crippen molar-refractivity contribution in [3.8, 4) is 0 Å². The van der Waals surface area contributed by atoms with Gasteiger partial charge in [-0.2, -0.15) is 0 Å². The fraction of sp³-hybridized carbons (Fsp3) is 0.875. The Bertz CT molecular complexity index is 958. The summed E-state index contributed by atoms with van der Waals surface area (Å²) in [6.07, 6.45) is 13.1. The molecule has 0 aromatic rings. The third-order valence-electron chi connectivity index (χ3n) is 13.1. The number of fused-ring (bicyclic) bond motifs is 7. The van der Waals surface area contributed by atoms with Crippen LogP contribution in [0.2, 0.25) is 0 Å². The molecule has 4 saturated carbocycles. The van der Waals surface area contributed by atoms with Crippen molar-refractivity contribution in [2.45, 2.75) is 120 Å². The fourth-order valence-electron chi connectivity index (χ4n) is 10.7. The second-order valence-corrected chi connectivity index (χ2v) is 15.2. The van der Waals surface area contributed by atoms with E-state index in [4.69, 9.17) is 4.74 Å². The van der Waals surface area contributed by atoms with Crippen LogP contribution < -0.4 is 0 Å². The van der Waals surface area contributed by atoms with Crippen molar-refractivity contribution in [1.82, 2.24) is 0 Å². The van der Waals surface area contributed by atoms with Crippen LogP contribution in [0.1, 0.15) is 120 Å². The molecule has 0 aromatic heterocycles. The number of hydrogen-bond donors (Lipinski definition) is 0. The molecule has 0 aliphatic heterocycles. The molecule has 0 saturated heterocycles. The minimum Gasteiger partial charge on any atom is -0.466 e. The monoisotopic (exact) mass is 482 g/mol. The summed E-state index contributed by atoms with van der Waals surface area (Å²) in [4.78, 5) is 26.5. The van der Waals surface area contributed by atoms with E-state index in [0.29, 0.717) is 30.1 Å². The summed E-state index contributed by atoms with van der Waals surface area (Å²) in [6, 6.07) is 0. The standard InChI is InChI=1S/C32H50O3/c1-9-35-26(34)32-18-16-27(2,3)20-22(32)21-10-11-24-29(6)14-13-25(33)28(4,5)23(29)12-15-31(24,8)30(21,7)17-19-32/h10,22-24H,9,11-20H2,1-8H3/t22-,23+,24-,29-,30+,31+,32-/m0/s1. The predicted octanol–water partition coefficient (Wildman–Crippen LogP) is 7.92. The third-order valence-corrected chi connectivity index (χ3v) is 13.1. The lowest BCUT2D eigenvalue weighted by molar-refractivity contribution is -0.191. The van der Waals surface area contributed by atoms with Crippen LogP contribution in [0.15, 0.2) is 11.6 Å². The Labute approximate surface area is 214 Å². The Morgan fingerprint density at radius 3 is 2.31 bits per heavy atom. The van der Waals surface area contributed by atoms with Gasteiger partial charge in [0, 0.05) is 11.8 Å². The van der Waals surface area contributed by atoms with Gasteiger partial charge in [0.05, 0.1) is 12.0 Å². The number of ether oxygens (including phenoxy) is 1. The lowest BCUT2D eigenvalue weighted by atomic mass is 9.33. The Morgan fingerprint density at radius 2 is 1.63 bits per heavy atom. The zero-order valence-electron chi connectivity index (χ0n) is 23.8. The first-order valence-electron chi connectivity index (χ1n) is 14.6. The average molecular weight is 483 g/mol. The van der Waals surface area contributed by atoms with E-state index in [1.807, 2.05) is 6.92 Å². The molecule has 0 spiro atoms. The Balaban J connectivity index is 1.59. The molecule has 7 atom stereocenters. The van der Waals surface area contributed by atoms with Crippen molar-refractivity contribution in [3.63, 3.8) is 0 Å². The highest BCUT2D eigenvalue weighted by atomic mass is 16.5. The minimum atomic E-state index is -0.333. The Hall–Kier alpha value is -1.12. The number of Topliss-reactive ketones (excluding diaryl/α,β-unsaturated/α-hetero) is 1. The first kappa shape index (κ1) is 25.5. The average Bonchev–Trinajstić information content (AvgIpc) is 2.77. The lowest BCUT2D eigenvalue weighted by Gasteiger charge is -2.70. The van der Waals surface area contributed by atoms with Gasteiger partial charge in [-0.1, -0.05) is 60.1 Å². The van der Waals surface area contributed by atoms with Gasteiger partial charge < -0.3 is 4.74 Å². The van der Waals surface area contributed by atoms with Crippen LogP contribution >= 0.6 is 0 Å². The van der Waals surface area contributed by atoms with E-state index in [9.17, 15) is 9.59 Å². The van der Waals surface area contributed by atoms with E-state index < -0.39 is 0 Å². The summed E-state index contributed by atoms with van der Waals surface area (Å²) in [5.74, 6) is 1.92. The summed E-state index contributed by atoms with van der Waals surface area (Å²) in [5.41, 5.74) is 1.84. The molecule has 0 unspecified atom stereocenters. The Kier molecular flexibility index (Phi) is 5.62. The van der Waals surface area contributed by atoms with E-state index in [1.165, 1.54) is 6.42 Å². The van der Waals surface area contributed by atoms with Crippen LogP contribution in [0, 0.1) is 50.2 Å². The number of rotatable bonds is 2. The molecule has 0 amide bonds. The van der Waals surface area contributed by atoms with E-state index in [-0.39, 0.29) is 38.5 Å². The van der Waals surface area contributed by atoms with Gasteiger partial charge in [0.25, 0.3) is 0 Å². The molecule has 3 heteroatoms. The van der Waals surface area contributed by atoms with Crippen LogP contribution in [0.3, 0.4) is 0 Å². The maximum Gasteiger partial charge on any atom is 0.312 e. The third kappa shape index (κ3) is 3.21. The number of esters is 1. The second kappa shape index (κ2) is 7.70. The molecule has 196 valence electrons. The molecule has 3 nitrogen and oxygen atoms in total. The van der Waals surface area contributed by atoms with E-state index in [2.05, 4.69) is 54.5 Å². The molecule has 5 aliphatic rings. The minimum absolute atomic E-state index is 0.0685. The maximum absolute atomic E-state index is 13.6. The molecule has 5 rings (SSSR count). The van der Waals surface area contributed by atoms with Crippen LogP contribution in [0.5, 0.6) is 0 Å². The summed E-state index contributed by atoms with van der Waals surface area (Å²) in [6.45, 7) is 19.4. The quantitative estimate of drug-likeness (QED) is 0.296. The van der Waals surface area contributed by atoms with E-state index >= 15 is 0 Å². The van der Waals surface area contributed by atoms with Gasteiger partial charge in [-0.25, -0.2) is 0 Å². The first-order valence-corrected chi connectivity index (χ1v) is 14.6. The van der Waals surface area contributed by atoms with Crippen LogP contribution in [0.4, 0.5) is 0 Å². The number of hydrogen-bond acceptors (Lipinski definition) is 3. The zero-order chi connectivity index (χ0) is 25.7. The van der Waals surface area contributed by atoms with Crippen LogP contribution in [-0.4, -0.2) is 18.4 Å².